The molecular formula is C10H19NO2. The van der Waals surface area contributed by atoms with E-state index < -0.39 is 0 Å². The SMILES string of the molecule is OCCC(NC1CCOC1)C1CC1. The second kappa shape index (κ2) is 4.40. The third-order valence-corrected chi connectivity index (χ3v) is 3.01. The topological polar surface area (TPSA) is 41.5 Å². The van der Waals surface area contributed by atoms with Crippen LogP contribution < -0.4 is 5.32 Å². The van der Waals surface area contributed by atoms with Crippen LogP contribution in [0.1, 0.15) is 25.7 Å². The van der Waals surface area contributed by atoms with Crippen molar-refractivity contribution in [1.29, 1.82) is 0 Å². The second-order valence-corrected chi connectivity index (χ2v) is 4.18. The van der Waals surface area contributed by atoms with Crippen LogP contribution in [0.3, 0.4) is 0 Å². The van der Waals surface area contributed by atoms with Crippen molar-refractivity contribution in [3.05, 3.63) is 0 Å². The van der Waals surface area contributed by atoms with Crippen molar-refractivity contribution in [1.82, 2.24) is 5.32 Å². The molecule has 1 aliphatic carbocycles. The molecule has 2 rings (SSSR count). The van der Waals surface area contributed by atoms with Gasteiger partial charge in [-0.2, -0.15) is 0 Å². The molecule has 2 fully saturated rings. The first-order chi connectivity index (χ1) is 6.40. The molecular weight excluding hydrogens is 166 g/mol. The molecule has 1 heterocycles. The number of hydrogen-bond acceptors (Lipinski definition) is 3. The molecule has 0 radical (unpaired) electrons. The Kier molecular flexibility index (Phi) is 3.19. The first-order valence-electron chi connectivity index (χ1n) is 5.35. The number of hydrogen-bond donors (Lipinski definition) is 2. The minimum Gasteiger partial charge on any atom is -0.396 e. The van der Waals surface area contributed by atoms with E-state index in [1.165, 1.54) is 12.8 Å². The molecule has 2 aliphatic rings. The van der Waals surface area contributed by atoms with E-state index in [4.69, 9.17) is 9.84 Å². The lowest BCUT2D eigenvalue weighted by atomic mass is 10.1. The predicted octanol–water partition coefficient (Wildman–Crippen LogP) is 0.526. The Bertz CT molecular complexity index is 153. The van der Waals surface area contributed by atoms with Gasteiger partial charge in [0.2, 0.25) is 0 Å². The third-order valence-electron chi connectivity index (χ3n) is 3.01. The summed E-state index contributed by atoms with van der Waals surface area (Å²) in [6.45, 7) is 2.06. The van der Waals surface area contributed by atoms with Crippen molar-refractivity contribution in [3.8, 4) is 0 Å². The van der Waals surface area contributed by atoms with Gasteiger partial charge in [-0.1, -0.05) is 0 Å². The van der Waals surface area contributed by atoms with Crippen LogP contribution in [0, 0.1) is 5.92 Å². The van der Waals surface area contributed by atoms with Crippen molar-refractivity contribution in [2.75, 3.05) is 19.8 Å². The third kappa shape index (κ3) is 2.66. The number of aliphatic hydroxyl groups is 1. The highest BCUT2D eigenvalue weighted by Crippen LogP contribution is 2.34. The van der Waals surface area contributed by atoms with Gasteiger partial charge in [0.25, 0.3) is 0 Å². The molecule has 0 aromatic carbocycles. The Hall–Kier alpha value is -0.120. The summed E-state index contributed by atoms with van der Waals surface area (Å²) >= 11 is 0. The molecule has 2 atom stereocenters. The molecule has 3 heteroatoms. The lowest BCUT2D eigenvalue weighted by molar-refractivity contribution is 0.183. The van der Waals surface area contributed by atoms with Gasteiger partial charge >= 0.3 is 0 Å². The van der Waals surface area contributed by atoms with Crippen LogP contribution in [-0.4, -0.2) is 37.0 Å². The highest BCUT2D eigenvalue weighted by molar-refractivity contribution is 4.89. The molecule has 76 valence electrons. The zero-order chi connectivity index (χ0) is 9.10. The van der Waals surface area contributed by atoms with Gasteiger partial charge in [-0.25, -0.2) is 0 Å². The smallest absolute Gasteiger partial charge is 0.0620 e. The van der Waals surface area contributed by atoms with Gasteiger partial charge in [0.15, 0.2) is 0 Å². The van der Waals surface area contributed by atoms with Gasteiger partial charge in [-0.3, -0.25) is 0 Å². The molecule has 0 bridgehead atoms. The number of aliphatic hydroxyl groups excluding tert-OH is 1. The standard InChI is InChI=1S/C10H19NO2/c12-5-3-10(8-1-2-8)11-9-4-6-13-7-9/h8-12H,1-7H2. The minimum atomic E-state index is 0.307. The lowest BCUT2D eigenvalue weighted by Gasteiger charge is -2.21. The highest BCUT2D eigenvalue weighted by atomic mass is 16.5. The summed E-state index contributed by atoms with van der Waals surface area (Å²) in [5, 5.41) is 12.5. The monoisotopic (exact) mass is 185 g/mol. The van der Waals surface area contributed by atoms with Gasteiger partial charge < -0.3 is 15.2 Å². The maximum Gasteiger partial charge on any atom is 0.0620 e. The summed E-state index contributed by atoms with van der Waals surface area (Å²) in [5.74, 6) is 0.827. The maximum absolute atomic E-state index is 8.92. The fourth-order valence-electron chi connectivity index (χ4n) is 2.06. The number of nitrogens with one attached hydrogen (secondary N) is 1. The predicted molar refractivity (Wildman–Crippen MR) is 50.6 cm³/mol. The number of ether oxygens (including phenoxy) is 1. The first kappa shape index (κ1) is 9.44. The molecule has 3 nitrogen and oxygen atoms in total. The van der Waals surface area contributed by atoms with Crippen molar-refractivity contribution < 1.29 is 9.84 Å². The Labute approximate surface area is 79.5 Å². The molecule has 13 heavy (non-hydrogen) atoms. The van der Waals surface area contributed by atoms with Crippen LogP contribution in [0.25, 0.3) is 0 Å². The van der Waals surface area contributed by atoms with Gasteiger partial charge in [-0.15, -0.1) is 0 Å². The van der Waals surface area contributed by atoms with E-state index >= 15 is 0 Å². The van der Waals surface area contributed by atoms with E-state index in [0.29, 0.717) is 18.7 Å². The largest absolute Gasteiger partial charge is 0.396 e. The molecule has 0 amide bonds. The van der Waals surface area contributed by atoms with Gasteiger partial charge in [0.1, 0.15) is 0 Å². The average Bonchev–Trinajstić information content (AvgIpc) is 2.85. The molecule has 0 aromatic heterocycles. The highest BCUT2D eigenvalue weighted by Gasteiger charge is 2.32. The Morgan fingerprint density at radius 2 is 2.23 bits per heavy atom. The molecule has 2 N–H and O–H groups in total. The van der Waals surface area contributed by atoms with E-state index in [1.807, 2.05) is 0 Å². The van der Waals surface area contributed by atoms with Crippen LogP contribution in [0.5, 0.6) is 0 Å². The maximum atomic E-state index is 8.92. The van der Waals surface area contributed by atoms with Crippen LogP contribution in [0.15, 0.2) is 0 Å². The van der Waals surface area contributed by atoms with Crippen LogP contribution in [-0.2, 0) is 4.74 Å². The second-order valence-electron chi connectivity index (χ2n) is 4.18. The van der Waals surface area contributed by atoms with Crippen LogP contribution in [0.4, 0.5) is 0 Å². The van der Waals surface area contributed by atoms with Crippen LogP contribution in [0.2, 0.25) is 0 Å². The van der Waals surface area contributed by atoms with Crippen molar-refractivity contribution >= 4 is 0 Å². The summed E-state index contributed by atoms with van der Waals surface area (Å²) in [5.41, 5.74) is 0. The van der Waals surface area contributed by atoms with E-state index in [1.54, 1.807) is 0 Å². The summed E-state index contributed by atoms with van der Waals surface area (Å²) in [6.07, 6.45) is 4.71. The Morgan fingerprint density at radius 1 is 1.38 bits per heavy atom. The first-order valence-corrected chi connectivity index (χ1v) is 5.35. The van der Waals surface area contributed by atoms with Gasteiger partial charge in [-0.05, 0) is 31.6 Å². The van der Waals surface area contributed by atoms with Crippen molar-refractivity contribution in [2.24, 2.45) is 5.92 Å². The molecule has 2 unspecified atom stereocenters. The molecule has 1 saturated carbocycles. The van der Waals surface area contributed by atoms with Crippen molar-refractivity contribution in [3.63, 3.8) is 0 Å². The summed E-state index contributed by atoms with van der Waals surface area (Å²) in [4.78, 5) is 0. The summed E-state index contributed by atoms with van der Waals surface area (Å²) in [6, 6.07) is 1.08. The van der Waals surface area contributed by atoms with Crippen LogP contribution >= 0.6 is 0 Å². The van der Waals surface area contributed by atoms with Gasteiger partial charge in [0, 0.05) is 25.3 Å². The lowest BCUT2D eigenvalue weighted by Crippen LogP contribution is -2.40. The Balaban J connectivity index is 1.74. The molecule has 0 spiro atoms. The average molecular weight is 185 g/mol. The quantitative estimate of drug-likeness (QED) is 0.656. The zero-order valence-corrected chi connectivity index (χ0v) is 8.04. The van der Waals surface area contributed by atoms with Crippen molar-refractivity contribution in [2.45, 2.75) is 37.8 Å². The molecule has 1 saturated heterocycles. The Morgan fingerprint density at radius 3 is 2.77 bits per heavy atom. The number of rotatable bonds is 5. The van der Waals surface area contributed by atoms with E-state index in [0.717, 1.165) is 32.0 Å². The fraction of sp³-hybridized carbons (Fsp3) is 1.00. The normalized spacial score (nSPS) is 30.7. The molecule has 1 aliphatic heterocycles. The minimum absolute atomic E-state index is 0.307. The van der Waals surface area contributed by atoms with E-state index in [2.05, 4.69) is 5.32 Å². The van der Waals surface area contributed by atoms with Gasteiger partial charge in [0.05, 0.1) is 6.61 Å². The van der Waals surface area contributed by atoms with E-state index in [9.17, 15) is 0 Å². The fourth-order valence-corrected chi connectivity index (χ4v) is 2.06. The molecule has 0 aromatic rings. The van der Waals surface area contributed by atoms with E-state index in [-0.39, 0.29) is 0 Å². The zero-order valence-electron chi connectivity index (χ0n) is 8.04. The summed E-state index contributed by atoms with van der Waals surface area (Å²) in [7, 11) is 0. The summed E-state index contributed by atoms with van der Waals surface area (Å²) < 4.78 is 5.31.